The van der Waals surface area contributed by atoms with Crippen molar-refractivity contribution in [1.29, 1.82) is 5.26 Å². The smallest absolute Gasteiger partial charge is 0.262 e. The lowest BCUT2D eigenvalue weighted by Gasteiger charge is -2.39. The fraction of sp³-hybridized carbons (Fsp3) is 0.444. The summed E-state index contributed by atoms with van der Waals surface area (Å²) < 4.78 is 6.24. The highest BCUT2D eigenvalue weighted by Gasteiger charge is 2.46. The number of carbonyl (C=O) groups excluding carboxylic acids is 6. The molecule has 0 spiro atoms. The Balaban J connectivity index is 0.725. The van der Waals surface area contributed by atoms with Gasteiger partial charge in [0.2, 0.25) is 11.8 Å². The van der Waals surface area contributed by atoms with E-state index in [0.29, 0.717) is 52.0 Å². The topological polar surface area (TPSA) is 164 Å². The fourth-order valence-corrected chi connectivity index (χ4v) is 10.2. The number of imide groups is 2. The molecule has 15 heteroatoms. The van der Waals surface area contributed by atoms with E-state index in [1.807, 2.05) is 15.9 Å². The van der Waals surface area contributed by atoms with Crippen molar-refractivity contribution in [2.24, 2.45) is 5.92 Å². The average Bonchev–Trinajstić information content (AvgIpc) is 3.67. The van der Waals surface area contributed by atoms with Gasteiger partial charge in [-0.3, -0.25) is 43.9 Å². The lowest BCUT2D eigenvalue weighted by molar-refractivity contribution is -0.136. The Morgan fingerprint density at radius 1 is 0.767 bits per heavy atom. The van der Waals surface area contributed by atoms with Crippen LogP contribution in [-0.4, -0.2) is 125 Å². The lowest BCUT2D eigenvalue weighted by atomic mass is 9.95. The Morgan fingerprint density at radius 3 is 2.08 bits per heavy atom. The standard InChI is InChI=1S/C45H46ClN7O7/c46-38-24-34(9-5-30(38)25-47)60-35-21-32-6-7-33(22-35)52(32)43(57)29-3-1-28(2-4-29)42(56)51-19-17-49(18-20-51)26-27-13-15-50(16-14-27)31-8-10-36-37(23-31)45(59)53(44(36)58)39-11-12-40(54)48-41(39)55/h1-5,8-10,23-24,27,32-33,35,39H,6-7,11-22,26H2,(H,48,54,55)/t32-,33+,35+,39?. The molecule has 0 aliphatic carbocycles. The van der Waals surface area contributed by atoms with E-state index in [4.69, 9.17) is 16.3 Å². The SMILES string of the molecule is N#Cc1ccc(O[C@H]2C[C@H]3CC[C@@H](C2)N3C(=O)c2ccc(C(=O)N3CCN(CC4CCN(c5ccc6c(c5)C(=O)N(C5CCC(=O)NC5=O)C6=O)CC4)CC3)cc2)cc1Cl. The quantitative estimate of drug-likeness (QED) is 0.320. The molecular formula is C45H46ClN7O7. The van der Waals surface area contributed by atoms with Gasteiger partial charge >= 0.3 is 0 Å². The second kappa shape index (κ2) is 16.3. The maximum Gasteiger partial charge on any atom is 0.262 e. The number of benzene rings is 3. The van der Waals surface area contributed by atoms with Crippen molar-refractivity contribution < 1.29 is 33.5 Å². The van der Waals surface area contributed by atoms with E-state index in [1.54, 1.807) is 54.6 Å². The van der Waals surface area contributed by atoms with Gasteiger partial charge in [0.05, 0.1) is 21.7 Å². The zero-order chi connectivity index (χ0) is 41.7. The van der Waals surface area contributed by atoms with Crippen LogP contribution in [0.25, 0.3) is 0 Å². The van der Waals surface area contributed by atoms with Crippen molar-refractivity contribution in [3.63, 3.8) is 0 Å². The molecule has 3 aromatic carbocycles. The summed E-state index contributed by atoms with van der Waals surface area (Å²) in [6, 6.07) is 18.7. The zero-order valence-electron chi connectivity index (χ0n) is 33.2. The second-order valence-electron chi connectivity index (χ2n) is 16.8. The summed E-state index contributed by atoms with van der Waals surface area (Å²) in [4.78, 5) is 87.4. The maximum atomic E-state index is 13.7. The Hall–Kier alpha value is -5.78. The van der Waals surface area contributed by atoms with Gasteiger partial charge in [-0.1, -0.05) is 11.6 Å². The fourth-order valence-electron chi connectivity index (χ4n) is 10.0. The van der Waals surface area contributed by atoms with E-state index >= 15 is 0 Å². The van der Waals surface area contributed by atoms with Gasteiger partial charge in [0.25, 0.3) is 23.6 Å². The molecule has 310 valence electrons. The van der Waals surface area contributed by atoms with Crippen LogP contribution >= 0.6 is 11.6 Å². The molecule has 6 aliphatic rings. The molecule has 9 rings (SSSR count). The molecule has 2 bridgehead atoms. The largest absolute Gasteiger partial charge is 0.490 e. The highest BCUT2D eigenvalue weighted by molar-refractivity contribution is 6.31. The van der Waals surface area contributed by atoms with E-state index in [9.17, 15) is 34.0 Å². The van der Waals surface area contributed by atoms with Crippen LogP contribution in [0.1, 0.15) is 98.4 Å². The predicted molar refractivity (Wildman–Crippen MR) is 220 cm³/mol. The number of piperazine rings is 1. The first-order valence-electron chi connectivity index (χ1n) is 21.0. The summed E-state index contributed by atoms with van der Waals surface area (Å²) in [5, 5.41) is 11.8. The number of halogens is 1. The molecule has 6 heterocycles. The molecule has 4 atom stereocenters. The van der Waals surface area contributed by atoms with Crippen LogP contribution in [0, 0.1) is 17.2 Å². The molecule has 6 aliphatic heterocycles. The molecule has 6 amide bonds. The number of nitrogens with zero attached hydrogens (tertiary/aromatic N) is 6. The van der Waals surface area contributed by atoms with Crippen LogP contribution in [0.2, 0.25) is 5.02 Å². The van der Waals surface area contributed by atoms with Gasteiger partial charge in [-0.05, 0) is 92.6 Å². The summed E-state index contributed by atoms with van der Waals surface area (Å²) in [5.41, 5.74) is 3.00. The summed E-state index contributed by atoms with van der Waals surface area (Å²) in [6.07, 6.45) is 5.39. The Morgan fingerprint density at radius 2 is 1.43 bits per heavy atom. The number of fused-ring (bicyclic) bond motifs is 3. The van der Waals surface area contributed by atoms with E-state index < -0.39 is 29.7 Å². The van der Waals surface area contributed by atoms with Crippen LogP contribution in [0.3, 0.4) is 0 Å². The second-order valence-corrected chi connectivity index (χ2v) is 17.2. The third-order valence-corrected chi connectivity index (χ3v) is 13.6. The van der Waals surface area contributed by atoms with Crippen molar-refractivity contribution in [3.8, 4) is 11.8 Å². The molecule has 5 fully saturated rings. The summed E-state index contributed by atoms with van der Waals surface area (Å²) >= 11 is 6.21. The maximum absolute atomic E-state index is 13.7. The van der Waals surface area contributed by atoms with Crippen LogP contribution in [-0.2, 0) is 9.59 Å². The van der Waals surface area contributed by atoms with Crippen LogP contribution in [0.15, 0.2) is 60.7 Å². The number of hydrogen-bond acceptors (Lipinski definition) is 10. The van der Waals surface area contributed by atoms with Gasteiger partial charge in [-0.2, -0.15) is 5.26 Å². The summed E-state index contributed by atoms with van der Waals surface area (Å²) in [5.74, 6) is -0.950. The molecule has 14 nitrogen and oxygen atoms in total. The van der Waals surface area contributed by atoms with Crippen molar-refractivity contribution in [1.82, 2.24) is 24.9 Å². The van der Waals surface area contributed by atoms with Gasteiger partial charge < -0.3 is 19.4 Å². The number of ether oxygens (including phenoxy) is 1. The third kappa shape index (κ3) is 7.60. The minimum absolute atomic E-state index is 0.0157. The molecule has 1 unspecified atom stereocenters. The number of rotatable bonds is 8. The number of piperidine rings is 3. The van der Waals surface area contributed by atoms with Crippen molar-refractivity contribution in [3.05, 3.63) is 93.5 Å². The molecule has 60 heavy (non-hydrogen) atoms. The van der Waals surface area contributed by atoms with E-state index in [2.05, 4.69) is 21.2 Å². The molecule has 1 N–H and O–H groups in total. The van der Waals surface area contributed by atoms with Gasteiger partial charge in [0.1, 0.15) is 24.0 Å². The van der Waals surface area contributed by atoms with Gasteiger partial charge in [0.15, 0.2) is 0 Å². The van der Waals surface area contributed by atoms with Crippen LogP contribution in [0.4, 0.5) is 5.69 Å². The number of nitrogens with one attached hydrogen (secondary N) is 1. The summed E-state index contributed by atoms with van der Waals surface area (Å²) in [7, 11) is 0. The van der Waals surface area contributed by atoms with Crippen LogP contribution < -0.4 is 15.0 Å². The van der Waals surface area contributed by atoms with Crippen molar-refractivity contribution in [2.45, 2.75) is 75.6 Å². The first kappa shape index (κ1) is 39.7. The molecule has 0 saturated carbocycles. The molecule has 0 radical (unpaired) electrons. The minimum Gasteiger partial charge on any atom is -0.490 e. The highest BCUT2D eigenvalue weighted by atomic mass is 35.5. The van der Waals surface area contributed by atoms with Gasteiger partial charge in [0, 0.05) is 100 Å². The average molecular weight is 832 g/mol. The Bertz CT molecular complexity index is 2280. The van der Waals surface area contributed by atoms with E-state index in [0.717, 1.165) is 81.8 Å². The van der Waals surface area contributed by atoms with Crippen molar-refractivity contribution in [2.75, 3.05) is 50.7 Å². The zero-order valence-corrected chi connectivity index (χ0v) is 33.9. The number of anilines is 1. The molecule has 3 aromatic rings. The lowest BCUT2D eigenvalue weighted by Crippen LogP contribution is -2.54. The number of amides is 6. The molecule has 5 saturated heterocycles. The Labute approximate surface area is 352 Å². The van der Waals surface area contributed by atoms with E-state index in [-0.39, 0.29) is 48.4 Å². The first-order chi connectivity index (χ1) is 29.0. The highest BCUT2D eigenvalue weighted by Crippen LogP contribution is 2.39. The van der Waals surface area contributed by atoms with Crippen LogP contribution in [0.5, 0.6) is 5.75 Å². The number of hydrogen-bond donors (Lipinski definition) is 1. The van der Waals surface area contributed by atoms with E-state index in [1.165, 1.54) is 0 Å². The predicted octanol–water partition coefficient (Wildman–Crippen LogP) is 4.50. The Kier molecular flexibility index (Phi) is 10.8. The summed E-state index contributed by atoms with van der Waals surface area (Å²) in [6.45, 7) is 5.39. The van der Waals surface area contributed by atoms with Gasteiger partial charge in [-0.25, -0.2) is 0 Å². The number of carbonyl (C=O) groups is 6. The molecular weight excluding hydrogens is 786 g/mol. The van der Waals surface area contributed by atoms with Gasteiger partial charge in [-0.15, -0.1) is 0 Å². The molecule has 0 aromatic heterocycles. The minimum atomic E-state index is -0.986. The first-order valence-corrected chi connectivity index (χ1v) is 21.3. The monoisotopic (exact) mass is 831 g/mol. The number of nitriles is 1. The normalized spacial score (nSPS) is 24.7. The van der Waals surface area contributed by atoms with Crippen molar-refractivity contribution >= 4 is 52.7 Å². The third-order valence-electron chi connectivity index (χ3n) is 13.2.